The van der Waals surface area contributed by atoms with Crippen LogP contribution in [0.1, 0.15) is 53.5 Å². The summed E-state index contributed by atoms with van der Waals surface area (Å²) in [4.78, 5) is 7.04. The molecular weight excluding hydrogens is 314 g/mol. The quantitative estimate of drug-likeness (QED) is 0.833. The lowest BCUT2D eigenvalue weighted by Gasteiger charge is -2.31. The third-order valence-corrected chi connectivity index (χ3v) is 3.89. The Morgan fingerprint density at radius 1 is 1.35 bits per heavy atom. The van der Waals surface area contributed by atoms with Crippen LogP contribution in [0.5, 0.6) is 0 Å². The number of hydrogen-bond acceptors (Lipinski definition) is 3. The van der Waals surface area contributed by atoms with Crippen LogP contribution in [0.2, 0.25) is 0 Å². The van der Waals surface area contributed by atoms with Crippen LogP contribution in [0.25, 0.3) is 0 Å². The Hall–Kier alpha value is -0.610. The van der Waals surface area contributed by atoms with E-state index in [9.17, 15) is 0 Å². The second-order valence-electron chi connectivity index (χ2n) is 6.28. The molecule has 0 radical (unpaired) electrons. The molecule has 3 nitrogen and oxygen atoms in total. The first-order valence-corrected chi connectivity index (χ1v) is 8.23. The molecule has 1 aromatic heterocycles. The second-order valence-corrected chi connectivity index (χ2v) is 7.20. The fourth-order valence-corrected chi connectivity index (χ4v) is 2.49. The summed E-state index contributed by atoms with van der Waals surface area (Å²) < 4.78 is 1.03. The van der Waals surface area contributed by atoms with Gasteiger partial charge in [-0.25, -0.2) is 4.98 Å². The van der Waals surface area contributed by atoms with Crippen LogP contribution in [-0.4, -0.2) is 23.1 Å². The molecule has 0 fully saturated rings. The van der Waals surface area contributed by atoms with Crippen molar-refractivity contribution in [1.29, 1.82) is 0 Å². The maximum absolute atomic E-state index is 4.66. The molecule has 1 aromatic rings. The van der Waals surface area contributed by atoms with Gasteiger partial charge in [0.2, 0.25) is 0 Å². The molecule has 0 aliphatic rings. The van der Waals surface area contributed by atoms with Crippen molar-refractivity contribution in [2.24, 2.45) is 0 Å². The molecule has 0 aromatic carbocycles. The number of anilines is 1. The molecule has 0 bridgehead atoms. The van der Waals surface area contributed by atoms with Gasteiger partial charge < -0.3 is 10.2 Å². The first-order valence-electron chi connectivity index (χ1n) is 7.44. The minimum atomic E-state index is 0.104. The molecular formula is C16H28BrN3. The summed E-state index contributed by atoms with van der Waals surface area (Å²) in [5, 5.41) is 3.55. The van der Waals surface area contributed by atoms with Crippen molar-refractivity contribution >= 4 is 21.7 Å². The molecule has 0 aliphatic carbocycles. The van der Waals surface area contributed by atoms with Crippen molar-refractivity contribution in [3.63, 3.8) is 0 Å². The van der Waals surface area contributed by atoms with E-state index in [0.717, 1.165) is 29.8 Å². The molecule has 0 spiro atoms. The van der Waals surface area contributed by atoms with Gasteiger partial charge in [0.25, 0.3) is 0 Å². The molecule has 1 rings (SSSR count). The molecule has 1 atom stereocenters. The van der Waals surface area contributed by atoms with Gasteiger partial charge in [0.05, 0.1) is 0 Å². The van der Waals surface area contributed by atoms with Crippen molar-refractivity contribution < 1.29 is 0 Å². The van der Waals surface area contributed by atoms with Gasteiger partial charge in [-0.3, -0.25) is 0 Å². The number of nitrogens with one attached hydrogen (secondary N) is 1. The lowest BCUT2D eigenvalue weighted by Crippen LogP contribution is -2.37. The average molecular weight is 342 g/mol. The maximum atomic E-state index is 4.66. The summed E-state index contributed by atoms with van der Waals surface area (Å²) in [5.41, 5.74) is 1.35. The highest BCUT2D eigenvalue weighted by atomic mass is 79.9. The molecule has 20 heavy (non-hydrogen) atoms. The van der Waals surface area contributed by atoms with Crippen molar-refractivity contribution in [2.45, 2.75) is 66.1 Å². The van der Waals surface area contributed by atoms with E-state index in [1.165, 1.54) is 5.56 Å². The summed E-state index contributed by atoms with van der Waals surface area (Å²) in [6.45, 7) is 15.0. The maximum Gasteiger partial charge on any atom is 0.133 e. The van der Waals surface area contributed by atoms with Crippen molar-refractivity contribution in [3.8, 4) is 0 Å². The van der Waals surface area contributed by atoms with Crippen LogP contribution in [0.4, 0.5) is 5.82 Å². The summed E-state index contributed by atoms with van der Waals surface area (Å²) >= 11 is 3.53. The Morgan fingerprint density at radius 3 is 2.50 bits per heavy atom. The SMILES string of the molecule is CCC(C)N(CC)c1ncc(Br)cc1CNC(C)(C)C. The third-order valence-electron chi connectivity index (χ3n) is 3.45. The summed E-state index contributed by atoms with van der Waals surface area (Å²) in [5.74, 6) is 1.10. The Bertz CT molecular complexity index is 426. The van der Waals surface area contributed by atoms with E-state index in [4.69, 9.17) is 0 Å². The van der Waals surface area contributed by atoms with E-state index >= 15 is 0 Å². The van der Waals surface area contributed by atoms with Gasteiger partial charge in [0, 0.05) is 40.9 Å². The molecule has 114 valence electrons. The number of nitrogens with zero attached hydrogens (tertiary/aromatic N) is 2. The first kappa shape index (κ1) is 17.4. The summed E-state index contributed by atoms with van der Waals surface area (Å²) in [7, 11) is 0. The number of rotatable bonds is 6. The van der Waals surface area contributed by atoms with Gasteiger partial charge in [-0.05, 0) is 63.0 Å². The van der Waals surface area contributed by atoms with Crippen LogP contribution < -0.4 is 10.2 Å². The summed E-state index contributed by atoms with van der Waals surface area (Å²) in [6, 6.07) is 2.67. The van der Waals surface area contributed by atoms with E-state index in [1.54, 1.807) is 0 Å². The zero-order valence-corrected chi connectivity index (χ0v) is 15.2. The Kier molecular flexibility index (Phi) is 6.46. The molecule has 4 heteroatoms. The highest BCUT2D eigenvalue weighted by Gasteiger charge is 2.18. The highest BCUT2D eigenvalue weighted by Crippen LogP contribution is 2.24. The first-order chi connectivity index (χ1) is 9.28. The standard InChI is InChI=1S/C16H28BrN3/c1-7-12(3)20(8-2)15-13(9-14(17)11-18-15)10-19-16(4,5)6/h9,11-12,19H,7-8,10H2,1-6H3. The van der Waals surface area contributed by atoms with Crippen LogP contribution in [0.15, 0.2) is 16.7 Å². The topological polar surface area (TPSA) is 28.2 Å². The normalized spacial score (nSPS) is 13.3. The van der Waals surface area contributed by atoms with Gasteiger partial charge in [-0.2, -0.15) is 0 Å². The lowest BCUT2D eigenvalue weighted by atomic mass is 10.1. The average Bonchev–Trinajstić information content (AvgIpc) is 2.38. The number of pyridine rings is 1. The molecule has 0 amide bonds. The number of aromatic nitrogens is 1. The van der Waals surface area contributed by atoms with E-state index in [-0.39, 0.29) is 5.54 Å². The molecule has 1 heterocycles. The predicted octanol–water partition coefficient (Wildman–Crippen LogP) is 4.36. The van der Waals surface area contributed by atoms with Crippen molar-refractivity contribution in [1.82, 2.24) is 10.3 Å². The van der Waals surface area contributed by atoms with Crippen molar-refractivity contribution in [2.75, 3.05) is 11.4 Å². The second kappa shape index (κ2) is 7.41. The molecule has 0 aliphatic heterocycles. The fraction of sp³-hybridized carbons (Fsp3) is 0.688. The number of halogens is 1. The molecule has 0 saturated carbocycles. The molecule has 1 unspecified atom stereocenters. The van der Waals surface area contributed by atoms with E-state index in [2.05, 4.69) is 78.7 Å². The number of hydrogen-bond donors (Lipinski definition) is 1. The molecule has 0 saturated heterocycles. The largest absolute Gasteiger partial charge is 0.354 e. The van der Waals surface area contributed by atoms with Gasteiger partial charge in [-0.1, -0.05) is 6.92 Å². The Balaban J connectivity index is 3.05. The van der Waals surface area contributed by atoms with E-state index < -0.39 is 0 Å². The van der Waals surface area contributed by atoms with Gasteiger partial charge in [0.1, 0.15) is 5.82 Å². The summed E-state index contributed by atoms with van der Waals surface area (Å²) in [6.07, 6.45) is 3.01. The molecule has 1 N–H and O–H groups in total. The van der Waals surface area contributed by atoms with Crippen LogP contribution in [-0.2, 0) is 6.54 Å². The van der Waals surface area contributed by atoms with Gasteiger partial charge >= 0.3 is 0 Å². The predicted molar refractivity (Wildman–Crippen MR) is 91.3 cm³/mol. The monoisotopic (exact) mass is 341 g/mol. The minimum absolute atomic E-state index is 0.104. The highest BCUT2D eigenvalue weighted by molar-refractivity contribution is 9.10. The van der Waals surface area contributed by atoms with Crippen molar-refractivity contribution in [3.05, 3.63) is 22.3 Å². The van der Waals surface area contributed by atoms with Gasteiger partial charge in [-0.15, -0.1) is 0 Å². The smallest absolute Gasteiger partial charge is 0.133 e. The van der Waals surface area contributed by atoms with Crippen LogP contribution in [0.3, 0.4) is 0 Å². The zero-order chi connectivity index (χ0) is 15.3. The fourth-order valence-electron chi connectivity index (χ4n) is 2.11. The van der Waals surface area contributed by atoms with Gasteiger partial charge in [0.15, 0.2) is 0 Å². The van der Waals surface area contributed by atoms with Crippen LogP contribution in [0, 0.1) is 0 Å². The van der Waals surface area contributed by atoms with E-state index in [0.29, 0.717) is 6.04 Å². The minimum Gasteiger partial charge on any atom is -0.354 e. The van der Waals surface area contributed by atoms with E-state index in [1.807, 2.05) is 6.20 Å². The Morgan fingerprint density at radius 2 is 2.00 bits per heavy atom. The van der Waals surface area contributed by atoms with Crippen LogP contribution >= 0.6 is 15.9 Å². The zero-order valence-electron chi connectivity index (χ0n) is 13.6. The Labute approximate surface area is 132 Å². The lowest BCUT2D eigenvalue weighted by molar-refractivity contribution is 0.423. The third kappa shape index (κ3) is 5.06.